The minimum Gasteiger partial charge on any atom is -0.394 e. The lowest BCUT2D eigenvalue weighted by Crippen LogP contribution is -2.30. The summed E-state index contributed by atoms with van der Waals surface area (Å²) in [6.45, 7) is 5.73. The van der Waals surface area contributed by atoms with E-state index in [4.69, 9.17) is 5.11 Å². The maximum absolute atomic E-state index is 11.2. The zero-order valence-corrected chi connectivity index (χ0v) is 9.24. The van der Waals surface area contributed by atoms with Crippen molar-refractivity contribution in [1.82, 2.24) is 9.97 Å². The molecule has 1 rings (SSSR count). The summed E-state index contributed by atoms with van der Waals surface area (Å²) < 4.78 is 0. The van der Waals surface area contributed by atoms with Gasteiger partial charge in [0.25, 0.3) is 5.56 Å². The van der Waals surface area contributed by atoms with Gasteiger partial charge in [0.15, 0.2) is 0 Å². The van der Waals surface area contributed by atoms with E-state index < -0.39 is 0 Å². The maximum atomic E-state index is 11.2. The van der Waals surface area contributed by atoms with Crippen LogP contribution >= 0.6 is 0 Å². The van der Waals surface area contributed by atoms with Crippen molar-refractivity contribution in [3.8, 4) is 0 Å². The van der Waals surface area contributed by atoms with Crippen LogP contribution in [0.5, 0.6) is 0 Å². The molecule has 0 aliphatic heterocycles. The molecule has 3 N–H and O–H groups in total. The van der Waals surface area contributed by atoms with Crippen molar-refractivity contribution in [2.24, 2.45) is 5.92 Å². The first-order chi connectivity index (χ1) is 7.02. The second kappa shape index (κ2) is 4.93. The number of aromatic amines is 1. The summed E-state index contributed by atoms with van der Waals surface area (Å²) in [5.41, 5.74) is -0.189. The third-order valence-corrected chi connectivity index (χ3v) is 2.19. The van der Waals surface area contributed by atoms with Gasteiger partial charge in [-0.25, -0.2) is 4.98 Å². The standard InChI is InChI=1S/C10H17N3O2/c1-6(2)8(5-14)13-9-4-10(15)12-7(3)11-9/h4,6,8,14H,5H2,1-3H3,(H2,11,12,13,15). The average Bonchev–Trinajstić information content (AvgIpc) is 2.12. The highest BCUT2D eigenvalue weighted by atomic mass is 16.3. The molecule has 0 saturated carbocycles. The van der Waals surface area contributed by atoms with Gasteiger partial charge in [-0.05, 0) is 12.8 Å². The Morgan fingerprint density at radius 2 is 2.27 bits per heavy atom. The van der Waals surface area contributed by atoms with Crippen LogP contribution in [0.1, 0.15) is 19.7 Å². The van der Waals surface area contributed by atoms with Gasteiger partial charge in [-0.3, -0.25) is 4.79 Å². The molecular weight excluding hydrogens is 194 g/mol. The summed E-state index contributed by atoms with van der Waals surface area (Å²) in [7, 11) is 0. The van der Waals surface area contributed by atoms with Gasteiger partial charge in [0.1, 0.15) is 11.6 Å². The van der Waals surface area contributed by atoms with Gasteiger partial charge in [-0.1, -0.05) is 13.8 Å². The Labute approximate surface area is 88.6 Å². The zero-order valence-electron chi connectivity index (χ0n) is 9.24. The van der Waals surface area contributed by atoms with Gasteiger partial charge in [0, 0.05) is 6.07 Å². The Balaban J connectivity index is 2.83. The van der Waals surface area contributed by atoms with Crippen LogP contribution in [0, 0.1) is 12.8 Å². The quantitative estimate of drug-likeness (QED) is 0.678. The van der Waals surface area contributed by atoms with Crippen molar-refractivity contribution in [2.75, 3.05) is 11.9 Å². The molecule has 15 heavy (non-hydrogen) atoms. The normalized spacial score (nSPS) is 12.9. The van der Waals surface area contributed by atoms with Crippen LogP contribution in [0.15, 0.2) is 10.9 Å². The second-order valence-electron chi connectivity index (χ2n) is 3.89. The molecule has 0 fully saturated rings. The first-order valence-corrected chi connectivity index (χ1v) is 4.98. The molecule has 0 aliphatic rings. The molecule has 0 amide bonds. The van der Waals surface area contributed by atoms with Crippen LogP contribution < -0.4 is 10.9 Å². The van der Waals surface area contributed by atoms with E-state index in [0.717, 1.165) is 0 Å². The Kier molecular flexibility index (Phi) is 3.85. The van der Waals surface area contributed by atoms with Gasteiger partial charge < -0.3 is 15.4 Å². The molecule has 0 aromatic carbocycles. The summed E-state index contributed by atoms with van der Waals surface area (Å²) in [5, 5.41) is 12.1. The minimum atomic E-state index is -0.189. The SMILES string of the molecule is Cc1nc(NC(CO)C(C)C)cc(=O)[nH]1. The number of H-pyrrole nitrogens is 1. The van der Waals surface area contributed by atoms with Crippen molar-refractivity contribution in [3.05, 3.63) is 22.2 Å². The Bertz CT molecular complexity index is 373. The smallest absolute Gasteiger partial charge is 0.252 e. The number of aryl methyl sites for hydroxylation is 1. The summed E-state index contributed by atoms with van der Waals surface area (Å²) in [5.74, 6) is 1.34. The van der Waals surface area contributed by atoms with Crippen LogP contribution in [-0.4, -0.2) is 27.7 Å². The lowest BCUT2D eigenvalue weighted by molar-refractivity contribution is 0.249. The van der Waals surface area contributed by atoms with Crippen LogP contribution in [0.2, 0.25) is 0 Å². The van der Waals surface area contributed by atoms with E-state index in [1.807, 2.05) is 13.8 Å². The maximum Gasteiger partial charge on any atom is 0.252 e. The highest BCUT2D eigenvalue weighted by Gasteiger charge is 2.12. The Morgan fingerprint density at radius 1 is 1.60 bits per heavy atom. The van der Waals surface area contributed by atoms with E-state index in [9.17, 15) is 4.79 Å². The highest BCUT2D eigenvalue weighted by Crippen LogP contribution is 2.08. The number of anilines is 1. The van der Waals surface area contributed by atoms with Crippen molar-refractivity contribution < 1.29 is 5.11 Å². The Morgan fingerprint density at radius 3 is 2.73 bits per heavy atom. The number of hydrogen-bond donors (Lipinski definition) is 3. The van der Waals surface area contributed by atoms with E-state index in [1.165, 1.54) is 6.07 Å². The number of hydrogen-bond acceptors (Lipinski definition) is 4. The average molecular weight is 211 g/mol. The molecule has 0 aliphatic carbocycles. The van der Waals surface area contributed by atoms with Gasteiger partial charge in [0.05, 0.1) is 12.6 Å². The molecular formula is C10H17N3O2. The van der Waals surface area contributed by atoms with Crippen molar-refractivity contribution in [2.45, 2.75) is 26.8 Å². The summed E-state index contributed by atoms with van der Waals surface area (Å²) >= 11 is 0. The molecule has 5 heteroatoms. The van der Waals surface area contributed by atoms with Gasteiger partial charge in [-0.2, -0.15) is 0 Å². The van der Waals surface area contributed by atoms with Crippen LogP contribution in [0.4, 0.5) is 5.82 Å². The van der Waals surface area contributed by atoms with Crippen molar-refractivity contribution in [1.29, 1.82) is 0 Å². The Hall–Kier alpha value is -1.36. The number of nitrogens with one attached hydrogen (secondary N) is 2. The topological polar surface area (TPSA) is 78.0 Å². The molecule has 1 aromatic heterocycles. The molecule has 1 aromatic rings. The van der Waals surface area contributed by atoms with Crippen molar-refractivity contribution >= 4 is 5.82 Å². The van der Waals surface area contributed by atoms with Crippen LogP contribution in [0.25, 0.3) is 0 Å². The second-order valence-corrected chi connectivity index (χ2v) is 3.89. The fourth-order valence-corrected chi connectivity index (χ4v) is 1.27. The highest BCUT2D eigenvalue weighted by molar-refractivity contribution is 5.34. The number of rotatable bonds is 4. The fourth-order valence-electron chi connectivity index (χ4n) is 1.27. The molecule has 1 unspecified atom stereocenters. The molecule has 1 atom stereocenters. The molecule has 1 heterocycles. The van der Waals surface area contributed by atoms with E-state index in [-0.39, 0.29) is 24.1 Å². The molecule has 0 radical (unpaired) electrons. The number of aliphatic hydroxyl groups is 1. The van der Waals surface area contributed by atoms with Gasteiger partial charge in [0.2, 0.25) is 0 Å². The van der Waals surface area contributed by atoms with Crippen molar-refractivity contribution in [3.63, 3.8) is 0 Å². The lowest BCUT2D eigenvalue weighted by Gasteiger charge is -2.20. The van der Waals surface area contributed by atoms with Crippen LogP contribution in [0.3, 0.4) is 0 Å². The minimum absolute atomic E-state index is 0.0190. The molecule has 84 valence electrons. The predicted molar refractivity (Wildman–Crippen MR) is 58.9 cm³/mol. The fraction of sp³-hybridized carbons (Fsp3) is 0.600. The first kappa shape index (κ1) is 11.7. The molecule has 5 nitrogen and oxygen atoms in total. The summed E-state index contributed by atoms with van der Waals surface area (Å²) in [4.78, 5) is 17.8. The van der Waals surface area contributed by atoms with Crippen LogP contribution in [-0.2, 0) is 0 Å². The lowest BCUT2D eigenvalue weighted by atomic mass is 10.1. The third kappa shape index (κ3) is 3.36. The van der Waals surface area contributed by atoms with Gasteiger partial charge >= 0.3 is 0 Å². The molecule has 0 saturated heterocycles. The molecule has 0 spiro atoms. The number of aromatic nitrogens is 2. The number of aliphatic hydroxyl groups excluding tert-OH is 1. The predicted octanol–water partition coefficient (Wildman–Crippen LogP) is 0.507. The number of nitrogens with zero attached hydrogens (tertiary/aromatic N) is 1. The van der Waals surface area contributed by atoms with E-state index in [2.05, 4.69) is 15.3 Å². The summed E-state index contributed by atoms with van der Waals surface area (Å²) in [6, 6.07) is 1.30. The molecule has 0 bridgehead atoms. The van der Waals surface area contributed by atoms with E-state index in [0.29, 0.717) is 11.6 Å². The zero-order chi connectivity index (χ0) is 11.4. The van der Waals surface area contributed by atoms with Gasteiger partial charge in [-0.15, -0.1) is 0 Å². The van der Waals surface area contributed by atoms with E-state index in [1.54, 1.807) is 6.92 Å². The summed E-state index contributed by atoms with van der Waals surface area (Å²) in [6.07, 6.45) is 0. The van der Waals surface area contributed by atoms with E-state index >= 15 is 0 Å². The largest absolute Gasteiger partial charge is 0.394 e. The first-order valence-electron chi connectivity index (χ1n) is 4.98. The third-order valence-electron chi connectivity index (χ3n) is 2.19. The monoisotopic (exact) mass is 211 g/mol.